The Morgan fingerprint density at radius 3 is 3.00 bits per heavy atom. The molecule has 0 radical (unpaired) electrons. The van der Waals surface area contributed by atoms with Crippen molar-refractivity contribution in [2.45, 2.75) is 0 Å². The summed E-state index contributed by atoms with van der Waals surface area (Å²) >= 11 is 5.60. The van der Waals surface area contributed by atoms with E-state index in [0.29, 0.717) is 10.8 Å². The molecule has 0 aliphatic rings. The standard InChI is InChI=1S/C7H7ClN2O/c1-11-5-10-7-3-2-6(8)4-9-7/h2-5H,1H3. The molecule has 0 unspecified atom stereocenters. The first-order valence-corrected chi connectivity index (χ1v) is 3.37. The number of aliphatic imine (C=N–C) groups is 1. The Balaban J connectivity index is 2.73. The molecule has 0 bridgehead atoms. The summed E-state index contributed by atoms with van der Waals surface area (Å²) < 4.78 is 4.61. The molecule has 11 heavy (non-hydrogen) atoms. The molecule has 0 N–H and O–H groups in total. The van der Waals surface area contributed by atoms with Crippen molar-refractivity contribution in [3.05, 3.63) is 23.4 Å². The molecule has 1 rings (SSSR count). The van der Waals surface area contributed by atoms with E-state index >= 15 is 0 Å². The second kappa shape index (κ2) is 3.93. The molecular weight excluding hydrogens is 164 g/mol. The van der Waals surface area contributed by atoms with Gasteiger partial charge < -0.3 is 4.74 Å². The SMILES string of the molecule is COC=Nc1ccc(Cl)cn1. The van der Waals surface area contributed by atoms with Crippen molar-refractivity contribution in [1.82, 2.24) is 4.98 Å². The number of ether oxygens (including phenoxy) is 1. The van der Waals surface area contributed by atoms with Crippen LogP contribution in [-0.2, 0) is 4.74 Å². The molecule has 0 aliphatic heterocycles. The Morgan fingerprint density at radius 1 is 1.64 bits per heavy atom. The first-order valence-electron chi connectivity index (χ1n) is 3.00. The lowest BCUT2D eigenvalue weighted by Gasteiger charge is -1.90. The van der Waals surface area contributed by atoms with Crippen LogP contribution in [0.1, 0.15) is 0 Å². The monoisotopic (exact) mass is 170 g/mol. The summed E-state index contributed by atoms with van der Waals surface area (Å²) in [5.74, 6) is 0.580. The molecular formula is C7H7ClN2O. The minimum atomic E-state index is 0.580. The Kier molecular flexibility index (Phi) is 2.86. The number of rotatable bonds is 2. The van der Waals surface area contributed by atoms with Gasteiger partial charge in [0.2, 0.25) is 0 Å². The summed E-state index contributed by atoms with van der Waals surface area (Å²) in [6.45, 7) is 0. The van der Waals surface area contributed by atoms with Gasteiger partial charge in [0.25, 0.3) is 0 Å². The highest BCUT2D eigenvalue weighted by Gasteiger charge is 1.88. The first-order chi connectivity index (χ1) is 5.33. The van der Waals surface area contributed by atoms with Gasteiger partial charge in [0, 0.05) is 6.20 Å². The van der Waals surface area contributed by atoms with Gasteiger partial charge in [0.05, 0.1) is 12.1 Å². The van der Waals surface area contributed by atoms with E-state index in [2.05, 4.69) is 14.7 Å². The minimum Gasteiger partial charge on any atom is -0.486 e. The zero-order chi connectivity index (χ0) is 8.10. The Labute approximate surface area is 69.7 Å². The van der Waals surface area contributed by atoms with Gasteiger partial charge in [0.15, 0.2) is 12.2 Å². The lowest BCUT2D eigenvalue weighted by Crippen LogP contribution is -1.77. The van der Waals surface area contributed by atoms with Gasteiger partial charge in [-0.05, 0) is 12.1 Å². The van der Waals surface area contributed by atoms with Gasteiger partial charge in [0.1, 0.15) is 0 Å². The summed E-state index contributed by atoms with van der Waals surface area (Å²) in [5.41, 5.74) is 0. The van der Waals surface area contributed by atoms with Crippen molar-refractivity contribution in [2.75, 3.05) is 7.11 Å². The van der Waals surface area contributed by atoms with E-state index in [1.165, 1.54) is 19.7 Å². The summed E-state index contributed by atoms with van der Waals surface area (Å²) in [6.07, 6.45) is 2.85. The number of halogens is 1. The van der Waals surface area contributed by atoms with Crippen LogP contribution in [0.5, 0.6) is 0 Å². The number of methoxy groups -OCH3 is 1. The third-order valence-electron chi connectivity index (χ3n) is 1.00. The van der Waals surface area contributed by atoms with Gasteiger partial charge in [-0.3, -0.25) is 0 Å². The lowest BCUT2D eigenvalue weighted by molar-refractivity contribution is 0.423. The van der Waals surface area contributed by atoms with Crippen molar-refractivity contribution in [1.29, 1.82) is 0 Å². The lowest BCUT2D eigenvalue weighted by atomic mass is 10.5. The summed E-state index contributed by atoms with van der Waals surface area (Å²) in [5, 5.41) is 0.598. The van der Waals surface area contributed by atoms with Crippen LogP contribution >= 0.6 is 11.6 Å². The molecule has 1 heterocycles. The number of aromatic nitrogens is 1. The van der Waals surface area contributed by atoms with Crippen molar-refractivity contribution >= 4 is 23.8 Å². The highest BCUT2D eigenvalue weighted by Crippen LogP contribution is 2.11. The van der Waals surface area contributed by atoms with Crippen LogP contribution in [-0.4, -0.2) is 18.5 Å². The summed E-state index contributed by atoms with van der Waals surface area (Å²) in [4.78, 5) is 7.75. The molecule has 1 aromatic rings. The topological polar surface area (TPSA) is 34.5 Å². The second-order valence-corrected chi connectivity index (χ2v) is 2.24. The fraction of sp³-hybridized carbons (Fsp3) is 0.143. The highest BCUT2D eigenvalue weighted by molar-refractivity contribution is 6.30. The summed E-state index contributed by atoms with van der Waals surface area (Å²) in [6, 6.07) is 3.43. The molecule has 0 amide bonds. The molecule has 58 valence electrons. The van der Waals surface area contributed by atoms with E-state index in [1.54, 1.807) is 12.1 Å². The van der Waals surface area contributed by atoms with Crippen LogP contribution in [0.25, 0.3) is 0 Å². The van der Waals surface area contributed by atoms with E-state index in [4.69, 9.17) is 11.6 Å². The Bertz CT molecular complexity index is 245. The average Bonchev–Trinajstić information content (AvgIpc) is 2.04. The van der Waals surface area contributed by atoms with Gasteiger partial charge in [-0.25, -0.2) is 9.98 Å². The zero-order valence-electron chi connectivity index (χ0n) is 5.99. The molecule has 0 atom stereocenters. The van der Waals surface area contributed by atoms with Crippen LogP contribution in [0, 0.1) is 0 Å². The van der Waals surface area contributed by atoms with Crippen molar-refractivity contribution < 1.29 is 4.74 Å². The van der Waals surface area contributed by atoms with Crippen LogP contribution in [0.3, 0.4) is 0 Å². The molecule has 0 saturated heterocycles. The van der Waals surface area contributed by atoms with E-state index in [9.17, 15) is 0 Å². The summed E-state index contributed by atoms with van der Waals surface area (Å²) in [7, 11) is 1.53. The fourth-order valence-corrected chi connectivity index (χ4v) is 0.663. The highest BCUT2D eigenvalue weighted by atomic mass is 35.5. The predicted molar refractivity (Wildman–Crippen MR) is 44.4 cm³/mol. The van der Waals surface area contributed by atoms with Crippen LogP contribution in [0.4, 0.5) is 5.82 Å². The normalized spacial score (nSPS) is 10.4. The molecule has 0 fully saturated rings. The van der Waals surface area contributed by atoms with E-state index < -0.39 is 0 Å². The van der Waals surface area contributed by atoms with Gasteiger partial charge in [-0.1, -0.05) is 11.6 Å². The molecule has 0 aromatic carbocycles. The third kappa shape index (κ3) is 2.55. The van der Waals surface area contributed by atoms with E-state index in [-0.39, 0.29) is 0 Å². The maximum absolute atomic E-state index is 5.60. The zero-order valence-corrected chi connectivity index (χ0v) is 6.75. The molecule has 4 heteroatoms. The van der Waals surface area contributed by atoms with Crippen LogP contribution in [0.2, 0.25) is 5.02 Å². The number of pyridine rings is 1. The number of hydrogen-bond donors (Lipinski definition) is 0. The van der Waals surface area contributed by atoms with Gasteiger partial charge >= 0.3 is 0 Å². The fourth-order valence-electron chi connectivity index (χ4n) is 0.551. The Hall–Kier alpha value is -1.09. The number of hydrogen-bond acceptors (Lipinski definition) is 3. The molecule has 0 aliphatic carbocycles. The smallest absolute Gasteiger partial charge is 0.175 e. The molecule has 3 nitrogen and oxygen atoms in total. The second-order valence-electron chi connectivity index (χ2n) is 1.80. The minimum absolute atomic E-state index is 0.580. The van der Waals surface area contributed by atoms with E-state index in [0.717, 1.165) is 0 Å². The van der Waals surface area contributed by atoms with E-state index in [1.807, 2.05) is 0 Å². The van der Waals surface area contributed by atoms with Crippen molar-refractivity contribution in [2.24, 2.45) is 4.99 Å². The van der Waals surface area contributed by atoms with Crippen LogP contribution in [0.15, 0.2) is 23.3 Å². The third-order valence-corrected chi connectivity index (χ3v) is 1.23. The number of nitrogens with zero attached hydrogens (tertiary/aromatic N) is 2. The molecule has 0 saturated carbocycles. The van der Waals surface area contributed by atoms with Crippen molar-refractivity contribution in [3.63, 3.8) is 0 Å². The maximum Gasteiger partial charge on any atom is 0.175 e. The quantitative estimate of drug-likeness (QED) is 0.503. The van der Waals surface area contributed by atoms with Gasteiger partial charge in [-0.2, -0.15) is 0 Å². The van der Waals surface area contributed by atoms with Gasteiger partial charge in [-0.15, -0.1) is 0 Å². The predicted octanol–water partition coefficient (Wildman–Crippen LogP) is 2.04. The first kappa shape index (κ1) is 8.01. The molecule has 0 spiro atoms. The molecule has 1 aromatic heterocycles. The largest absolute Gasteiger partial charge is 0.486 e. The Morgan fingerprint density at radius 2 is 2.45 bits per heavy atom. The average molecular weight is 171 g/mol. The maximum atomic E-state index is 5.60. The van der Waals surface area contributed by atoms with Crippen LogP contribution < -0.4 is 0 Å². The van der Waals surface area contributed by atoms with Crippen molar-refractivity contribution in [3.8, 4) is 0 Å².